The van der Waals surface area contributed by atoms with E-state index in [1.54, 1.807) is 6.07 Å². The van der Waals surface area contributed by atoms with Crippen molar-refractivity contribution in [1.82, 2.24) is 5.32 Å². The smallest absolute Gasteiger partial charge is 0.261 e. The summed E-state index contributed by atoms with van der Waals surface area (Å²) in [7, 11) is 1.44. The molecule has 0 bridgehead atoms. The third-order valence-electron chi connectivity index (χ3n) is 2.74. The number of carbonyl (C=O) groups excluding carboxylic acids is 1. The van der Waals surface area contributed by atoms with E-state index in [1.807, 2.05) is 20.8 Å². The van der Waals surface area contributed by atoms with Crippen molar-refractivity contribution in [1.29, 1.82) is 0 Å². The molecule has 0 spiro atoms. The van der Waals surface area contributed by atoms with Gasteiger partial charge in [-0.25, -0.2) is 8.42 Å². The monoisotopic (exact) mass is 381 g/mol. The lowest BCUT2D eigenvalue weighted by Crippen LogP contribution is -2.43. The first kappa shape index (κ1) is 17.5. The Morgan fingerprint density at radius 3 is 2.45 bits per heavy atom. The molecule has 112 valence electrons. The van der Waals surface area contributed by atoms with Crippen LogP contribution in [0.25, 0.3) is 0 Å². The highest BCUT2D eigenvalue weighted by atomic mass is 79.9. The number of halogens is 2. The zero-order valence-corrected chi connectivity index (χ0v) is 14.7. The fraction of sp³-hybridized carbons (Fsp3) is 0.462. The minimum atomic E-state index is -3.87. The quantitative estimate of drug-likeness (QED) is 0.790. The first-order valence-corrected chi connectivity index (χ1v) is 9.23. The van der Waals surface area contributed by atoms with Crippen LogP contribution < -0.4 is 5.32 Å². The van der Waals surface area contributed by atoms with Crippen molar-refractivity contribution in [3.8, 4) is 0 Å². The number of benzene rings is 1. The second kappa shape index (κ2) is 6.45. The van der Waals surface area contributed by atoms with Gasteiger partial charge in [-0.05, 0) is 38.5 Å². The summed E-state index contributed by atoms with van der Waals surface area (Å²) in [6.45, 7) is 5.88. The molecule has 1 N–H and O–H groups in total. The van der Waals surface area contributed by atoms with E-state index in [2.05, 4.69) is 21.2 Å². The Morgan fingerprint density at radius 2 is 1.95 bits per heavy atom. The lowest BCUT2D eigenvalue weighted by atomic mass is 9.98. The van der Waals surface area contributed by atoms with Crippen LogP contribution >= 0.6 is 26.6 Å². The second-order valence-corrected chi connectivity index (χ2v) is 8.68. The summed E-state index contributed by atoms with van der Waals surface area (Å²) in [5.74, 6) is -0.327. The summed E-state index contributed by atoms with van der Waals surface area (Å²) >= 11 is 3.18. The van der Waals surface area contributed by atoms with E-state index in [-0.39, 0.29) is 21.9 Å². The summed E-state index contributed by atoms with van der Waals surface area (Å²) in [4.78, 5) is 12.1. The summed E-state index contributed by atoms with van der Waals surface area (Å²) in [6, 6.07) is 4.18. The molecule has 0 radical (unpaired) electrons. The maximum Gasteiger partial charge on any atom is 0.261 e. The molecular formula is C13H17BrClNO3S. The number of rotatable bonds is 5. The molecule has 0 saturated carbocycles. The minimum absolute atomic E-state index is 0.105. The molecule has 0 unspecified atom stereocenters. The Balaban J connectivity index is 3.09. The molecule has 0 aliphatic rings. The van der Waals surface area contributed by atoms with Crippen LogP contribution in [-0.4, -0.2) is 19.9 Å². The van der Waals surface area contributed by atoms with Gasteiger partial charge in [-0.1, -0.05) is 29.3 Å². The predicted octanol–water partition coefficient (Wildman–Crippen LogP) is 3.69. The van der Waals surface area contributed by atoms with E-state index in [4.69, 9.17) is 10.7 Å². The summed E-state index contributed by atoms with van der Waals surface area (Å²) in [5.41, 5.74) is -0.100. The Morgan fingerprint density at radius 1 is 1.35 bits per heavy atom. The van der Waals surface area contributed by atoms with Gasteiger partial charge in [0.15, 0.2) is 0 Å². The molecule has 1 amide bonds. The lowest BCUT2D eigenvalue weighted by molar-refractivity contribution is 0.0908. The first-order valence-electron chi connectivity index (χ1n) is 6.13. The average Bonchev–Trinajstić information content (AvgIpc) is 2.26. The molecule has 1 aromatic carbocycles. The van der Waals surface area contributed by atoms with Gasteiger partial charge in [-0.3, -0.25) is 4.79 Å². The third kappa shape index (κ3) is 5.07. The number of nitrogens with one attached hydrogen (secondary N) is 1. The fourth-order valence-corrected chi connectivity index (χ4v) is 3.35. The van der Waals surface area contributed by atoms with E-state index in [0.29, 0.717) is 4.47 Å². The van der Waals surface area contributed by atoms with Gasteiger partial charge < -0.3 is 5.32 Å². The van der Waals surface area contributed by atoms with Crippen LogP contribution in [0.4, 0.5) is 0 Å². The maximum absolute atomic E-state index is 12.2. The standard InChI is InChI=1S/C13H17BrClNO3S/c1-4-5-13(2,3)16-12(17)9-6-10(14)8-11(7-9)20(15,18)19/h6-8H,4-5H2,1-3H3,(H,16,17). The first-order chi connectivity index (χ1) is 9.05. The van der Waals surface area contributed by atoms with Crippen LogP contribution in [-0.2, 0) is 9.05 Å². The Kier molecular flexibility index (Phi) is 5.63. The highest BCUT2D eigenvalue weighted by Crippen LogP contribution is 2.23. The highest BCUT2D eigenvalue weighted by molar-refractivity contribution is 9.10. The van der Waals surface area contributed by atoms with Crippen LogP contribution in [0.2, 0.25) is 0 Å². The van der Waals surface area contributed by atoms with Gasteiger partial charge in [-0.15, -0.1) is 0 Å². The van der Waals surface area contributed by atoms with E-state index >= 15 is 0 Å². The van der Waals surface area contributed by atoms with Crippen molar-refractivity contribution < 1.29 is 13.2 Å². The van der Waals surface area contributed by atoms with Gasteiger partial charge in [-0.2, -0.15) is 0 Å². The van der Waals surface area contributed by atoms with Gasteiger partial charge in [0.1, 0.15) is 0 Å². The zero-order chi connectivity index (χ0) is 15.6. The van der Waals surface area contributed by atoms with Crippen LogP contribution in [0.5, 0.6) is 0 Å². The van der Waals surface area contributed by atoms with Gasteiger partial charge in [0.05, 0.1) is 4.90 Å². The molecular weight excluding hydrogens is 366 g/mol. The van der Waals surface area contributed by atoms with Crippen molar-refractivity contribution in [2.24, 2.45) is 0 Å². The SMILES string of the molecule is CCCC(C)(C)NC(=O)c1cc(Br)cc(S(=O)(=O)Cl)c1. The van der Waals surface area contributed by atoms with Crippen LogP contribution in [0.3, 0.4) is 0 Å². The molecule has 1 aromatic rings. The van der Waals surface area contributed by atoms with E-state index in [9.17, 15) is 13.2 Å². The Bertz CT molecular complexity index is 614. The molecule has 0 aliphatic carbocycles. The number of hydrogen-bond acceptors (Lipinski definition) is 3. The lowest BCUT2D eigenvalue weighted by Gasteiger charge is -2.25. The number of amides is 1. The Hall–Kier alpha value is -0.590. The van der Waals surface area contributed by atoms with Crippen LogP contribution in [0.15, 0.2) is 27.6 Å². The molecule has 0 aliphatic heterocycles. The second-order valence-electron chi connectivity index (χ2n) is 5.20. The van der Waals surface area contributed by atoms with Crippen LogP contribution in [0, 0.1) is 0 Å². The number of carbonyl (C=O) groups is 1. The van der Waals surface area contributed by atoms with E-state index in [1.165, 1.54) is 12.1 Å². The van der Waals surface area contributed by atoms with E-state index in [0.717, 1.165) is 12.8 Å². The fourth-order valence-electron chi connectivity index (χ4n) is 1.90. The van der Waals surface area contributed by atoms with E-state index < -0.39 is 9.05 Å². The molecule has 0 heterocycles. The summed E-state index contributed by atoms with van der Waals surface area (Å²) in [5, 5.41) is 2.88. The Labute approximate surface area is 132 Å². The van der Waals surface area contributed by atoms with Crippen molar-refractivity contribution in [2.45, 2.75) is 44.0 Å². The molecule has 0 saturated heterocycles. The molecule has 1 rings (SSSR count). The highest BCUT2D eigenvalue weighted by Gasteiger charge is 2.21. The summed E-state index contributed by atoms with van der Waals surface area (Å²) < 4.78 is 23.2. The van der Waals surface area contributed by atoms with Crippen LogP contribution in [0.1, 0.15) is 44.0 Å². The van der Waals surface area contributed by atoms with Crippen molar-refractivity contribution in [2.75, 3.05) is 0 Å². The normalized spacial score (nSPS) is 12.2. The zero-order valence-electron chi connectivity index (χ0n) is 11.5. The van der Waals surface area contributed by atoms with Gasteiger partial charge >= 0.3 is 0 Å². The molecule has 7 heteroatoms. The van der Waals surface area contributed by atoms with Gasteiger partial charge in [0.2, 0.25) is 0 Å². The topological polar surface area (TPSA) is 63.2 Å². The molecule has 20 heavy (non-hydrogen) atoms. The molecule has 0 aromatic heterocycles. The van der Waals surface area contributed by atoms with Crippen molar-refractivity contribution >= 4 is 41.6 Å². The largest absolute Gasteiger partial charge is 0.347 e. The molecule has 4 nitrogen and oxygen atoms in total. The van der Waals surface area contributed by atoms with Crippen molar-refractivity contribution in [3.63, 3.8) is 0 Å². The molecule has 0 atom stereocenters. The van der Waals surface area contributed by atoms with Gasteiger partial charge in [0, 0.05) is 26.3 Å². The molecule has 0 fully saturated rings. The summed E-state index contributed by atoms with van der Waals surface area (Å²) in [6.07, 6.45) is 1.76. The maximum atomic E-state index is 12.2. The average molecular weight is 383 g/mol. The van der Waals surface area contributed by atoms with Crippen molar-refractivity contribution in [3.05, 3.63) is 28.2 Å². The predicted molar refractivity (Wildman–Crippen MR) is 83.6 cm³/mol. The third-order valence-corrected chi connectivity index (χ3v) is 4.53. The van der Waals surface area contributed by atoms with Gasteiger partial charge in [0.25, 0.3) is 15.0 Å². The minimum Gasteiger partial charge on any atom is -0.347 e. The number of hydrogen-bond donors (Lipinski definition) is 1.